The van der Waals surface area contributed by atoms with Gasteiger partial charge in [0.1, 0.15) is 20.2 Å². The second-order valence-corrected chi connectivity index (χ2v) is 15.6. The minimum Gasteiger partial charge on any atom is -0.744 e. The number of aliphatic hydroxyl groups excluding tert-OH is 1. The highest BCUT2D eigenvalue weighted by molar-refractivity contribution is 7.99. The van der Waals surface area contributed by atoms with Crippen LogP contribution in [-0.4, -0.2) is 89.3 Å². The van der Waals surface area contributed by atoms with Gasteiger partial charge >= 0.3 is 0 Å². The van der Waals surface area contributed by atoms with Crippen molar-refractivity contribution >= 4 is 89.8 Å². The van der Waals surface area contributed by atoms with Crippen LogP contribution < -0.4 is 21.3 Å². The van der Waals surface area contributed by atoms with E-state index in [2.05, 4.69) is 25.6 Å². The molecule has 0 aliphatic heterocycles. The highest BCUT2D eigenvalue weighted by Gasteiger charge is 2.36. The van der Waals surface area contributed by atoms with Gasteiger partial charge in [-0.2, -0.15) is 26.7 Å². The number of ketones is 2. The molecule has 0 saturated heterocycles. The smallest absolute Gasteiger partial charge is 0.233 e. The fourth-order valence-corrected chi connectivity index (χ4v) is 8.31. The van der Waals surface area contributed by atoms with Gasteiger partial charge in [-0.25, -0.2) is 16.8 Å². The van der Waals surface area contributed by atoms with Crippen molar-refractivity contribution in [2.24, 2.45) is 0 Å². The minimum atomic E-state index is -5.32. The molecule has 5 N–H and O–H groups in total. The van der Waals surface area contributed by atoms with Crippen LogP contribution in [0.2, 0.25) is 5.28 Å². The molecule has 0 amide bonds. The number of nitrogen functional groups attached to an aromatic ring is 1. The van der Waals surface area contributed by atoms with Crippen molar-refractivity contribution < 1.29 is 40.6 Å². The molecule has 1 aliphatic carbocycles. The third-order valence-corrected chi connectivity index (χ3v) is 11.2. The van der Waals surface area contributed by atoms with E-state index in [0.717, 1.165) is 6.07 Å². The number of nitrogens with zero attached hydrogens (tertiary/aromatic N) is 4. The molecule has 1 aliphatic rings. The van der Waals surface area contributed by atoms with E-state index in [9.17, 15) is 35.5 Å². The van der Waals surface area contributed by atoms with Gasteiger partial charge in [0.15, 0.2) is 11.6 Å². The zero-order valence-electron chi connectivity index (χ0n) is 27.4. The number of hydrogen-bond donors (Lipinski definition) is 4. The molecule has 0 bridgehead atoms. The number of rotatable bonds is 12. The van der Waals surface area contributed by atoms with Crippen molar-refractivity contribution in [2.45, 2.75) is 30.6 Å². The van der Waals surface area contributed by atoms with Gasteiger partial charge < -0.3 is 35.5 Å². The first-order chi connectivity index (χ1) is 23.9. The Kier molecular flexibility index (Phi) is 10.6. The van der Waals surface area contributed by atoms with Gasteiger partial charge in [-0.15, -0.1) is 0 Å². The highest BCUT2D eigenvalue weighted by atomic mass is 35.5. The first kappa shape index (κ1) is 37.9. The number of aromatic nitrogens is 3. The Morgan fingerprint density at radius 2 is 1.47 bits per heavy atom. The monoisotopic (exact) mass is 775 g/mol. The molecule has 0 atom stereocenters. The Labute approximate surface area is 302 Å². The topological polar surface area (TPSA) is 261 Å². The van der Waals surface area contributed by atoms with E-state index >= 15 is 0 Å². The SMILES string of the molecule is Cc1c(Nc2nc(Cl)nc(N(C)CCSCCO)n2)c(C)c(S(=O)(=O)[O-])c(C)c1Nc1cc(S(=O)(=O)[O-])c(N)c2c1C(=O)c1ccccc1C2=O. The van der Waals surface area contributed by atoms with Gasteiger partial charge in [0.25, 0.3) is 0 Å². The van der Waals surface area contributed by atoms with E-state index in [-0.39, 0.29) is 74.2 Å². The van der Waals surface area contributed by atoms with Crippen LogP contribution >= 0.6 is 23.4 Å². The second kappa shape index (κ2) is 14.3. The van der Waals surface area contributed by atoms with Crippen LogP contribution in [0.5, 0.6) is 0 Å². The summed E-state index contributed by atoms with van der Waals surface area (Å²) in [6.07, 6.45) is 0. The molecule has 5 rings (SSSR count). The first-order valence-corrected chi connectivity index (χ1v) is 19.3. The summed E-state index contributed by atoms with van der Waals surface area (Å²) in [6, 6.07) is 6.55. The van der Waals surface area contributed by atoms with E-state index in [0.29, 0.717) is 18.1 Å². The summed E-state index contributed by atoms with van der Waals surface area (Å²) in [6.45, 7) is 4.71. The maximum Gasteiger partial charge on any atom is 0.233 e. The third-order valence-electron chi connectivity index (χ3n) is 8.14. The van der Waals surface area contributed by atoms with Gasteiger partial charge in [-0.05, 0) is 55.1 Å². The van der Waals surface area contributed by atoms with Crippen LogP contribution in [-0.2, 0) is 20.2 Å². The van der Waals surface area contributed by atoms with Gasteiger partial charge in [0.2, 0.25) is 17.2 Å². The Bertz CT molecular complexity index is 2340. The van der Waals surface area contributed by atoms with Crippen molar-refractivity contribution in [3.8, 4) is 0 Å². The number of aliphatic hydroxyl groups is 1. The maximum atomic E-state index is 13.9. The van der Waals surface area contributed by atoms with E-state index in [1.165, 1.54) is 56.8 Å². The van der Waals surface area contributed by atoms with Gasteiger partial charge in [0.05, 0.1) is 44.6 Å². The molecule has 16 nitrogen and oxygen atoms in total. The number of thioether (sulfide) groups is 1. The molecular weight excluding hydrogens is 746 g/mol. The lowest BCUT2D eigenvalue weighted by Gasteiger charge is -2.28. The number of anilines is 6. The van der Waals surface area contributed by atoms with Crippen molar-refractivity contribution in [2.75, 3.05) is 53.0 Å². The molecule has 4 aromatic rings. The van der Waals surface area contributed by atoms with Crippen LogP contribution in [0, 0.1) is 20.8 Å². The first-order valence-electron chi connectivity index (χ1n) is 14.9. The van der Waals surface area contributed by atoms with Gasteiger partial charge in [-0.1, -0.05) is 24.3 Å². The molecule has 51 heavy (non-hydrogen) atoms. The predicted molar refractivity (Wildman–Crippen MR) is 190 cm³/mol. The van der Waals surface area contributed by atoms with Crippen molar-refractivity contribution in [1.29, 1.82) is 0 Å². The van der Waals surface area contributed by atoms with E-state index in [4.69, 9.17) is 22.4 Å². The molecule has 0 fully saturated rings. The molecular formula is C31H30ClN7O9S3-2. The van der Waals surface area contributed by atoms with Crippen LogP contribution in [0.4, 0.5) is 34.6 Å². The average molecular weight is 776 g/mol. The Morgan fingerprint density at radius 3 is 2.04 bits per heavy atom. The van der Waals surface area contributed by atoms with E-state index < -0.39 is 52.8 Å². The molecule has 1 aromatic heterocycles. The van der Waals surface area contributed by atoms with Crippen LogP contribution in [0.1, 0.15) is 48.5 Å². The van der Waals surface area contributed by atoms with Crippen molar-refractivity contribution in [1.82, 2.24) is 15.0 Å². The van der Waals surface area contributed by atoms with E-state index in [1.807, 2.05) is 0 Å². The second-order valence-electron chi connectivity index (χ2n) is 11.4. The normalized spacial score (nSPS) is 12.8. The minimum absolute atomic E-state index is 0.0165. The number of benzene rings is 3. The van der Waals surface area contributed by atoms with Crippen LogP contribution in [0.15, 0.2) is 40.1 Å². The maximum absolute atomic E-state index is 13.9. The summed E-state index contributed by atoms with van der Waals surface area (Å²) in [7, 11) is -8.81. The summed E-state index contributed by atoms with van der Waals surface area (Å²) < 4.78 is 75.2. The fourth-order valence-electron chi connectivity index (χ4n) is 5.83. The number of nitrogens with two attached hydrogens (primary N) is 1. The summed E-state index contributed by atoms with van der Waals surface area (Å²) in [4.78, 5) is 40.2. The van der Waals surface area contributed by atoms with Gasteiger partial charge in [-0.3, -0.25) is 9.59 Å². The number of nitrogens with one attached hydrogen (secondary N) is 2. The Morgan fingerprint density at radius 1 is 0.882 bits per heavy atom. The summed E-state index contributed by atoms with van der Waals surface area (Å²) in [5.41, 5.74) is 4.04. The van der Waals surface area contributed by atoms with Crippen molar-refractivity contribution in [3.63, 3.8) is 0 Å². The number of carbonyl (C=O) groups excluding carboxylic acids is 2. The Balaban J connectivity index is 1.70. The molecule has 0 spiro atoms. The number of carbonyl (C=O) groups is 2. The summed E-state index contributed by atoms with van der Waals surface area (Å²) >= 11 is 7.72. The largest absolute Gasteiger partial charge is 0.744 e. The summed E-state index contributed by atoms with van der Waals surface area (Å²) in [5, 5.41) is 14.6. The fraction of sp³-hybridized carbons (Fsp3) is 0.258. The number of halogens is 1. The highest BCUT2D eigenvalue weighted by Crippen LogP contribution is 2.44. The lowest BCUT2D eigenvalue weighted by atomic mass is 9.82. The zero-order valence-corrected chi connectivity index (χ0v) is 30.6. The zero-order chi connectivity index (χ0) is 37.6. The van der Waals surface area contributed by atoms with Crippen LogP contribution in [0.25, 0.3) is 0 Å². The standard InChI is InChI=1S/C31H32ClN7O9S3/c1-14-24(34-19-13-20(50(43,44)45)23(33)22-21(19)26(41)17-7-5-6-8-18(17)27(22)42)15(2)28(51(46,47)48)16(3)25(14)35-30-36-29(32)37-31(38-30)39(4)9-11-49-12-10-40/h5-8,13,34,40H,9-12,33H2,1-4H3,(H,43,44,45)(H,46,47,48)(H,35,36,37,38)/p-2. The molecule has 1 heterocycles. The molecule has 0 radical (unpaired) electrons. The molecule has 0 unspecified atom stereocenters. The molecule has 20 heteroatoms. The van der Waals surface area contributed by atoms with E-state index in [1.54, 1.807) is 11.9 Å². The lowest BCUT2D eigenvalue weighted by molar-refractivity contribution is 0.0980. The summed E-state index contributed by atoms with van der Waals surface area (Å²) in [5.74, 6) is -0.346. The Hall–Kier alpha value is -4.37. The molecule has 0 saturated carbocycles. The molecule has 3 aromatic carbocycles. The lowest BCUT2D eigenvalue weighted by Crippen LogP contribution is -2.25. The average Bonchev–Trinajstić information content (AvgIpc) is 3.04. The quantitative estimate of drug-likeness (QED) is 0.0805. The van der Waals surface area contributed by atoms with Crippen LogP contribution in [0.3, 0.4) is 0 Å². The number of fused-ring (bicyclic) bond motifs is 2. The third kappa shape index (κ3) is 7.36. The number of hydrogen-bond acceptors (Lipinski definition) is 17. The predicted octanol–water partition coefficient (Wildman–Crippen LogP) is 3.26. The molecule has 270 valence electrons. The van der Waals surface area contributed by atoms with Crippen molar-refractivity contribution in [3.05, 3.63) is 74.6 Å². The van der Waals surface area contributed by atoms with Gasteiger partial charge in [0, 0.05) is 41.9 Å².